The predicted molar refractivity (Wildman–Crippen MR) is 123 cm³/mol. The molecule has 3 aromatic rings. The van der Waals surface area contributed by atoms with Crippen molar-refractivity contribution in [3.8, 4) is 5.75 Å². The van der Waals surface area contributed by atoms with Crippen LogP contribution in [0.25, 0.3) is 10.9 Å². The van der Waals surface area contributed by atoms with Crippen molar-refractivity contribution in [1.82, 2.24) is 9.29 Å². The maximum absolute atomic E-state index is 13.7. The van der Waals surface area contributed by atoms with Gasteiger partial charge in [0, 0.05) is 16.9 Å². The van der Waals surface area contributed by atoms with Crippen LogP contribution in [0.4, 0.5) is 0 Å². The van der Waals surface area contributed by atoms with Gasteiger partial charge in [0.25, 0.3) is 10.0 Å². The quantitative estimate of drug-likeness (QED) is 0.573. The molecule has 1 N–H and O–H groups in total. The smallest absolute Gasteiger partial charge is 0.268 e. The van der Waals surface area contributed by atoms with Crippen molar-refractivity contribution < 1.29 is 17.9 Å². The van der Waals surface area contributed by atoms with Gasteiger partial charge in [-0.2, -0.15) is 0 Å². The minimum Gasteiger partial charge on any atom is -0.496 e. The predicted octanol–water partition coefficient (Wildman–Crippen LogP) is 4.49. The Morgan fingerprint density at radius 2 is 1.84 bits per heavy atom. The molecule has 0 saturated heterocycles. The Morgan fingerprint density at radius 3 is 2.44 bits per heavy atom. The van der Waals surface area contributed by atoms with Gasteiger partial charge in [-0.15, -0.1) is 0 Å². The van der Waals surface area contributed by atoms with Gasteiger partial charge in [-0.3, -0.25) is 4.79 Å². The highest BCUT2D eigenvalue weighted by Gasteiger charge is 2.44. The third-order valence-electron chi connectivity index (χ3n) is 6.74. The van der Waals surface area contributed by atoms with Crippen LogP contribution in [0.1, 0.15) is 55.3 Å². The number of nitrogens with zero attached hydrogens (tertiary/aromatic N) is 1. The monoisotopic (exact) mass is 452 g/mol. The molecule has 32 heavy (non-hydrogen) atoms. The number of methoxy groups -OCH3 is 1. The van der Waals surface area contributed by atoms with Gasteiger partial charge in [0.15, 0.2) is 0 Å². The molecule has 5 rings (SSSR count). The third-order valence-corrected chi connectivity index (χ3v) is 8.52. The van der Waals surface area contributed by atoms with Crippen LogP contribution in [0, 0.1) is 12.3 Å². The molecule has 0 bridgehead atoms. The van der Waals surface area contributed by atoms with E-state index in [0.29, 0.717) is 22.9 Å². The number of amides is 1. The van der Waals surface area contributed by atoms with Gasteiger partial charge in [-0.1, -0.05) is 24.6 Å². The third kappa shape index (κ3) is 3.58. The molecule has 0 radical (unpaired) electrons. The fourth-order valence-electron chi connectivity index (χ4n) is 4.20. The second kappa shape index (κ2) is 7.37. The van der Waals surface area contributed by atoms with E-state index in [1.165, 1.54) is 3.97 Å². The SMILES string of the molecule is COc1cc2c(cc1C1CC1)cc(CNC(=O)C1(C)CC1)n2S(=O)(=O)c1ccc(C)cc1. The van der Waals surface area contributed by atoms with Crippen molar-refractivity contribution in [3.63, 3.8) is 0 Å². The first-order valence-electron chi connectivity index (χ1n) is 11.1. The van der Waals surface area contributed by atoms with Gasteiger partial charge in [-0.05, 0) is 68.4 Å². The molecule has 2 aromatic carbocycles. The number of hydrogen-bond acceptors (Lipinski definition) is 4. The maximum Gasteiger partial charge on any atom is 0.268 e. The Balaban J connectivity index is 1.64. The molecule has 1 amide bonds. The van der Waals surface area contributed by atoms with E-state index in [4.69, 9.17) is 4.74 Å². The lowest BCUT2D eigenvalue weighted by atomic mass is 10.1. The van der Waals surface area contributed by atoms with Crippen LogP contribution in [0.3, 0.4) is 0 Å². The minimum atomic E-state index is -3.87. The zero-order valence-corrected chi connectivity index (χ0v) is 19.5. The second-order valence-corrected chi connectivity index (χ2v) is 11.2. The summed E-state index contributed by atoms with van der Waals surface area (Å²) in [6.07, 6.45) is 3.97. The first-order valence-corrected chi connectivity index (χ1v) is 12.5. The van der Waals surface area contributed by atoms with Gasteiger partial charge >= 0.3 is 0 Å². The number of carbonyl (C=O) groups excluding carboxylic acids is 1. The van der Waals surface area contributed by atoms with Crippen molar-refractivity contribution in [2.24, 2.45) is 5.41 Å². The van der Waals surface area contributed by atoms with E-state index in [0.717, 1.165) is 42.2 Å². The summed E-state index contributed by atoms with van der Waals surface area (Å²) in [5.74, 6) is 1.14. The van der Waals surface area contributed by atoms with Crippen molar-refractivity contribution in [2.75, 3.05) is 7.11 Å². The fraction of sp³-hybridized carbons (Fsp3) is 0.400. The number of hydrogen-bond donors (Lipinski definition) is 1. The summed E-state index contributed by atoms with van der Waals surface area (Å²) < 4.78 is 34.5. The highest BCUT2D eigenvalue weighted by Crippen LogP contribution is 2.47. The number of carbonyl (C=O) groups is 1. The van der Waals surface area contributed by atoms with E-state index < -0.39 is 10.0 Å². The Morgan fingerprint density at radius 1 is 1.16 bits per heavy atom. The molecule has 2 aliphatic carbocycles. The van der Waals surface area contributed by atoms with E-state index in [1.807, 2.05) is 32.0 Å². The molecule has 6 nitrogen and oxygen atoms in total. The van der Waals surface area contributed by atoms with Crippen molar-refractivity contribution >= 4 is 26.8 Å². The van der Waals surface area contributed by atoms with Gasteiger partial charge in [-0.25, -0.2) is 12.4 Å². The largest absolute Gasteiger partial charge is 0.496 e. The zero-order chi connectivity index (χ0) is 22.7. The molecule has 1 heterocycles. The number of rotatable bonds is 7. The number of nitrogens with one attached hydrogen (secondary N) is 1. The lowest BCUT2D eigenvalue weighted by Crippen LogP contribution is -2.31. The Hall–Kier alpha value is -2.80. The number of benzene rings is 2. The summed E-state index contributed by atoms with van der Waals surface area (Å²) in [5, 5.41) is 3.80. The zero-order valence-electron chi connectivity index (χ0n) is 18.6. The summed E-state index contributed by atoms with van der Waals surface area (Å²) in [5.41, 5.74) is 2.88. The Labute approximate surface area is 188 Å². The molecule has 2 saturated carbocycles. The van der Waals surface area contributed by atoms with Crippen LogP contribution in [0.2, 0.25) is 0 Å². The standard InChI is InChI=1S/C25H28N2O4S/c1-16-4-8-20(9-5-16)32(29,30)27-19(15-26-24(28)25(2)10-11-25)12-18-13-21(17-6-7-17)23(31-3)14-22(18)27/h4-5,8-9,12-14,17H,6-7,10-11,15H2,1-3H3,(H,26,28). The molecule has 0 aliphatic heterocycles. The van der Waals surface area contributed by atoms with Gasteiger partial charge < -0.3 is 10.1 Å². The van der Waals surface area contributed by atoms with Gasteiger partial charge in [0.1, 0.15) is 5.75 Å². The first kappa shape index (κ1) is 21.1. The van der Waals surface area contributed by atoms with E-state index in [1.54, 1.807) is 31.4 Å². The molecule has 2 fully saturated rings. The molecule has 0 spiro atoms. The highest BCUT2D eigenvalue weighted by atomic mass is 32.2. The van der Waals surface area contributed by atoms with Crippen LogP contribution < -0.4 is 10.1 Å². The number of ether oxygens (including phenoxy) is 1. The summed E-state index contributed by atoms with van der Waals surface area (Å²) in [6.45, 7) is 4.01. The van der Waals surface area contributed by atoms with Gasteiger partial charge in [0.2, 0.25) is 5.91 Å². The first-order chi connectivity index (χ1) is 15.2. The molecule has 1 aromatic heterocycles. The van der Waals surface area contributed by atoms with Crippen molar-refractivity contribution in [3.05, 3.63) is 59.3 Å². The highest BCUT2D eigenvalue weighted by molar-refractivity contribution is 7.90. The second-order valence-electron chi connectivity index (χ2n) is 9.39. The lowest BCUT2D eigenvalue weighted by molar-refractivity contribution is -0.125. The molecular formula is C25H28N2O4S. The van der Waals surface area contributed by atoms with E-state index in [-0.39, 0.29) is 22.8 Å². The topological polar surface area (TPSA) is 77.4 Å². The fourth-order valence-corrected chi connectivity index (χ4v) is 5.73. The number of fused-ring (bicyclic) bond motifs is 1. The summed E-state index contributed by atoms with van der Waals surface area (Å²) in [6, 6.07) is 12.6. The minimum absolute atomic E-state index is 0.0294. The number of aromatic nitrogens is 1. The van der Waals surface area contributed by atoms with Crippen LogP contribution in [-0.2, 0) is 21.4 Å². The van der Waals surface area contributed by atoms with Crippen LogP contribution in [0.15, 0.2) is 47.4 Å². The van der Waals surface area contributed by atoms with Crippen molar-refractivity contribution in [1.29, 1.82) is 0 Å². The van der Waals surface area contributed by atoms with Crippen molar-refractivity contribution in [2.45, 2.75) is 56.9 Å². The van der Waals surface area contributed by atoms with Crippen LogP contribution in [-0.4, -0.2) is 25.4 Å². The molecule has 168 valence electrons. The lowest BCUT2D eigenvalue weighted by Gasteiger charge is -2.15. The van der Waals surface area contributed by atoms with E-state index in [2.05, 4.69) is 5.32 Å². The van der Waals surface area contributed by atoms with E-state index >= 15 is 0 Å². The molecule has 0 unspecified atom stereocenters. The van der Waals surface area contributed by atoms with E-state index in [9.17, 15) is 13.2 Å². The summed E-state index contributed by atoms with van der Waals surface area (Å²) in [4.78, 5) is 12.8. The van der Waals surface area contributed by atoms with Gasteiger partial charge in [0.05, 0.1) is 29.8 Å². The Kier molecular flexibility index (Phi) is 4.85. The molecule has 7 heteroatoms. The van der Waals surface area contributed by atoms with Crippen LogP contribution in [0.5, 0.6) is 5.75 Å². The van der Waals surface area contributed by atoms with Crippen LogP contribution >= 0.6 is 0 Å². The molecular weight excluding hydrogens is 424 g/mol. The Bertz CT molecular complexity index is 1310. The number of aryl methyl sites for hydroxylation is 1. The molecule has 2 aliphatic rings. The average Bonchev–Trinajstić information content (AvgIpc) is 3.70. The molecule has 0 atom stereocenters. The summed E-state index contributed by atoms with van der Waals surface area (Å²) in [7, 11) is -2.25. The average molecular weight is 453 g/mol. The normalized spacial score (nSPS) is 17.3. The summed E-state index contributed by atoms with van der Waals surface area (Å²) >= 11 is 0. The maximum atomic E-state index is 13.7.